The quantitative estimate of drug-likeness (QED) is 0.615. The molecule has 0 radical (unpaired) electrons. The zero-order valence-electron chi connectivity index (χ0n) is 15.9. The second-order valence-electron chi connectivity index (χ2n) is 6.09. The van der Waals surface area contributed by atoms with Crippen molar-refractivity contribution in [2.24, 2.45) is 0 Å². The number of rotatable bonds is 7. The van der Waals surface area contributed by atoms with Gasteiger partial charge in [-0.2, -0.15) is 9.19 Å². The third kappa shape index (κ3) is 3.68. The number of fused-ring (bicyclic) bond motifs is 1. The normalized spacial score (nSPS) is 14.9. The predicted octanol–water partition coefficient (Wildman–Crippen LogP) is 4.28. The van der Waals surface area contributed by atoms with Crippen LogP contribution in [-0.4, -0.2) is 35.5 Å². The number of anilines is 2. The van der Waals surface area contributed by atoms with E-state index in [2.05, 4.69) is 10.6 Å². The topological polar surface area (TPSA) is 69.6 Å². The van der Waals surface area contributed by atoms with Gasteiger partial charge in [-0.3, -0.25) is 0 Å². The summed E-state index contributed by atoms with van der Waals surface area (Å²) in [6.07, 6.45) is 0. The lowest BCUT2D eigenvalue weighted by atomic mass is 10.1. The summed E-state index contributed by atoms with van der Waals surface area (Å²) in [6.45, 7) is 2.64. The number of methoxy groups -OCH3 is 2. The maximum Gasteiger partial charge on any atom is 0.168 e. The van der Waals surface area contributed by atoms with Crippen LogP contribution in [0.3, 0.4) is 0 Å². The lowest BCUT2D eigenvalue weighted by molar-refractivity contribution is 0.340. The van der Waals surface area contributed by atoms with Crippen molar-refractivity contribution in [2.75, 3.05) is 31.5 Å². The molecule has 146 valence electrons. The fourth-order valence-electron chi connectivity index (χ4n) is 2.97. The van der Waals surface area contributed by atoms with Crippen molar-refractivity contribution in [1.82, 2.24) is 9.19 Å². The summed E-state index contributed by atoms with van der Waals surface area (Å²) < 4.78 is 18.1. The van der Waals surface area contributed by atoms with Gasteiger partial charge in [-0.05, 0) is 43.3 Å². The third-order valence-electron chi connectivity index (χ3n) is 4.31. The fraction of sp³-hybridized carbons (Fsp3) is 0.250. The van der Waals surface area contributed by atoms with Gasteiger partial charge in [-0.1, -0.05) is 0 Å². The van der Waals surface area contributed by atoms with Gasteiger partial charge in [0, 0.05) is 35.3 Å². The van der Waals surface area contributed by atoms with E-state index in [0.29, 0.717) is 6.61 Å². The van der Waals surface area contributed by atoms with Gasteiger partial charge in [0.1, 0.15) is 23.1 Å². The van der Waals surface area contributed by atoms with E-state index in [-0.39, 0.29) is 5.50 Å². The standard InChI is InChI=1S/C20H22N4O3S/c1-4-27-14-7-5-13(6-8-14)21-20-22-19-12-17(23-24(19)28-20)16-10-9-15(25-2)11-18(16)26-3/h5-12,20-22H,4H2,1-3H3/t20-/m0/s1. The number of nitrogens with zero attached hydrogens (tertiary/aromatic N) is 2. The molecule has 8 heteroatoms. The number of aromatic nitrogens is 2. The molecule has 2 N–H and O–H groups in total. The number of ether oxygens (including phenoxy) is 3. The van der Waals surface area contributed by atoms with Crippen LogP contribution in [0.5, 0.6) is 17.2 Å². The smallest absolute Gasteiger partial charge is 0.168 e. The molecule has 1 aromatic heterocycles. The highest BCUT2D eigenvalue weighted by Crippen LogP contribution is 2.38. The third-order valence-corrected chi connectivity index (χ3v) is 5.23. The average Bonchev–Trinajstić information content (AvgIpc) is 3.27. The van der Waals surface area contributed by atoms with Gasteiger partial charge in [-0.15, -0.1) is 0 Å². The van der Waals surface area contributed by atoms with Gasteiger partial charge in [0.2, 0.25) is 0 Å². The van der Waals surface area contributed by atoms with Crippen LogP contribution in [0.1, 0.15) is 6.92 Å². The van der Waals surface area contributed by atoms with Crippen LogP contribution in [0.2, 0.25) is 0 Å². The zero-order valence-corrected chi connectivity index (χ0v) is 16.7. The van der Waals surface area contributed by atoms with Crippen molar-refractivity contribution in [1.29, 1.82) is 0 Å². The molecule has 1 aliphatic rings. The minimum absolute atomic E-state index is 0.00717. The average molecular weight is 398 g/mol. The molecule has 2 aromatic carbocycles. The van der Waals surface area contributed by atoms with E-state index in [0.717, 1.165) is 40.0 Å². The van der Waals surface area contributed by atoms with Crippen LogP contribution < -0.4 is 24.8 Å². The first kappa shape index (κ1) is 18.4. The van der Waals surface area contributed by atoms with Gasteiger partial charge < -0.3 is 24.8 Å². The van der Waals surface area contributed by atoms with E-state index in [1.807, 2.05) is 59.5 Å². The van der Waals surface area contributed by atoms with Crippen LogP contribution in [0.25, 0.3) is 11.3 Å². The highest BCUT2D eigenvalue weighted by molar-refractivity contribution is 7.98. The summed E-state index contributed by atoms with van der Waals surface area (Å²) in [5, 5.41) is 11.6. The van der Waals surface area contributed by atoms with Gasteiger partial charge >= 0.3 is 0 Å². The molecule has 0 saturated heterocycles. The lowest BCUT2D eigenvalue weighted by Crippen LogP contribution is -2.21. The Morgan fingerprint density at radius 1 is 1.07 bits per heavy atom. The first-order valence-corrected chi connectivity index (χ1v) is 9.79. The molecule has 0 fully saturated rings. The molecule has 1 aliphatic heterocycles. The molecule has 3 aromatic rings. The monoisotopic (exact) mass is 398 g/mol. The summed E-state index contributed by atoms with van der Waals surface area (Å²) in [5.41, 5.74) is 2.76. The molecular formula is C20H22N4O3S. The first-order valence-electron chi connectivity index (χ1n) is 8.95. The van der Waals surface area contributed by atoms with Crippen molar-refractivity contribution in [3.8, 4) is 28.5 Å². The maximum absolute atomic E-state index is 5.49. The molecule has 0 amide bonds. The van der Waals surface area contributed by atoms with Crippen molar-refractivity contribution < 1.29 is 14.2 Å². The van der Waals surface area contributed by atoms with Crippen LogP contribution >= 0.6 is 11.9 Å². The lowest BCUT2D eigenvalue weighted by Gasteiger charge is -2.14. The van der Waals surface area contributed by atoms with E-state index >= 15 is 0 Å². The number of benzene rings is 2. The summed E-state index contributed by atoms with van der Waals surface area (Å²) in [7, 11) is 3.28. The predicted molar refractivity (Wildman–Crippen MR) is 112 cm³/mol. The van der Waals surface area contributed by atoms with Gasteiger partial charge in [0.25, 0.3) is 0 Å². The van der Waals surface area contributed by atoms with E-state index in [1.165, 1.54) is 0 Å². The number of hydrogen-bond donors (Lipinski definition) is 2. The molecule has 0 saturated carbocycles. The van der Waals surface area contributed by atoms with E-state index in [1.54, 1.807) is 26.2 Å². The van der Waals surface area contributed by atoms with Gasteiger partial charge in [0.15, 0.2) is 5.50 Å². The SMILES string of the molecule is CCOc1ccc(N[C@H]2Nc3cc(-c4ccc(OC)cc4OC)nn3S2)cc1. The highest BCUT2D eigenvalue weighted by Gasteiger charge is 2.25. The van der Waals surface area contributed by atoms with E-state index in [9.17, 15) is 0 Å². The van der Waals surface area contributed by atoms with Crippen molar-refractivity contribution in [3.05, 3.63) is 48.5 Å². The summed E-state index contributed by atoms with van der Waals surface area (Å²) >= 11 is 1.57. The summed E-state index contributed by atoms with van der Waals surface area (Å²) in [4.78, 5) is 0. The molecule has 0 bridgehead atoms. The van der Waals surface area contributed by atoms with Crippen molar-refractivity contribution >= 4 is 23.5 Å². The zero-order chi connectivity index (χ0) is 19.5. The Morgan fingerprint density at radius 3 is 2.54 bits per heavy atom. The maximum atomic E-state index is 5.49. The first-order chi connectivity index (χ1) is 13.7. The van der Waals surface area contributed by atoms with Crippen molar-refractivity contribution in [3.63, 3.8) is 0 Å². The minimum atomic E-state index is -0.00717. The van der Waals surface area contributed by atoms with Gasteiger partial charge in [-0.25, -0.2) is 0 Å². The molecule has 28 heavy (non-hydrogen) atoms. The molecule has 4 rings (SSSR count). The Labute approximate surface area is 168 Å². The van der Waals surface area contributed by atoms with Crippen LogP contribution in [0.4, 0.5) is 11.5 Å². The largest absolute Gasteiger partial charge is 0.497 e. The second-order valence-corrected chi connectivity index (χ2v) is 7.11. The van der Waals surface area contributed by atoms with Gasteiger partial charge in [0.05, 0.1) is 26.5 Å². The van der Waals surface area contributed by atoms with Crippen LogP contribution in [0, 0.1) is 0 Å². The molecule has 0 aliphatic carbocycles. The Morgan fingerprint density at radius 2 is 1.86 bits per heavy atom. The Balaban J connectivity index is 1.45. The van der Waals surface area contributed by atoms with E-state index < -0.39 is 0 Å². The molecule has 1 atom stereocenters. The molecule has 0 unspecified atom stereocenters. The fourth-order valence-corrected chi connectivity index (χ4v) is 3.89. The second kappa shape index (κ2) is 7.93. The summed E-state index contributed by atoms with van der Waals surface area (Å²) in [5.74, 6) is 3.28. The highest BCUT2D eigenvalue weighted by atomic mass is 32.2. The number of hydrogen-bond acceptors (Lipinski definition) is 7. The van der Waals surface area contributed by atoms with Crippen molar-refractivity contribution in [2.45, 2.75) is 12.4 Å². The molecule has 7 nitrogen and oxygen atoms in total. The van der Waals surface area contributed by atoms with Crippen LogP contribution in [-0.2, 0) is 0 Å². The Bertz CT molecular complexity index is 935. The molecule has 2 heterocycles. The molecule has 0 spiro atoms. The Kier molecular flexibility index (Phi) is 5.21. The van der Waals surface area contributed by atoms with Crippen LogP contribution in [0.15, 0.2) is 48.5 Å². The van der Waals surface area contributed by atoms with E-state index in [4.69, 9.17) is 19.3 Å². The Hall–Kier alpha value is -3.00. The molecular weight excluding hydrogens is 376 g/mol. The minimum Gasteiger partial charge on any atom is -0.497 e. The summed E-state index contributed by atoms with van der Waals surface area (Å²) in [6, 6.07) is 15.6. The number of nitrogens with one attached hydrogen (secondary N) is 2.